The molecule has 6 heteroatoms. The average Bonchev–Trinajstić information content (AvgIpc) is 2.68. The van der Waals surface area contributed by atoms with Gasteiger partial charge in [-0.3, -0.25) is 9.71 Å². The highest BCUT2D eigenvalue weighted by Gasteiger charge is 2.30. The second kappa shape index (κ2) is 5.71. The van der Waals surface area contributed by atoms with E-state index in [0.29, 0.717) is 16.1 Å². The molecule has 1 N–H and O–H groups in total. The van der Waals surface area contributed by atoms with Crippen LogP contribution in [0.4, 0.5) is 11.4 Å². The van der Waals surface area contributed by atoms with Crippen molar-refractivity contribution in [2.45, 2.75) is 24.2 Å². The van der Waals surface area contributed by atoms with Gasteiger partial charge in [0.05, 0.1) is 16.1 Å². The largest absolute Gasteiger partial charge is 0.371 e. The van der Waals surface area contributed by atoms with Gasteiger partial charge in [-0.2, -0.15) is 0 Å². The molecule has 2 aromatic carbocycles. The molecule has 0 radical (unpaired) electrons. The number of aromatic nitrogens is 1. The van der Waals surface area contributed by atoms with E-state index in [1.165, 1.54) is 19.3 Å². The molecule has 3 heterocycles. The number of anilines is 2. The molecule has 26 heavy (non-hydrogen) atoms. The highest BCUT2D eigenvalue weighted by atomic mass is 32.2. The molecule has 5 rings (SSSR count). The van der Waals surface area contributed by atoms with E-state index in [1.54, 1.807) is 18.3 Å². The van der Waals surface area contributed by atoms with Crippen molar-refractivity contribution in [3.8, 4) is 11.1 Å². The molecule has 0 spiro atoms. The molecule has 2 aliphatic rings. The van der Waals surface area contributed by atoms with Crippen LogP contribution in [0.5, 0.6) is 0 Å². The Hall–Kier alpha value is -2.60. The minimum Gasteiger partial charge on any atom is -0.371 e. The van der Waals surface area contributed by atoms with Crippen molar-refractivity contribution < 1.29 is 8.42 Å². The number of rotatable bonds is 1. The highest BCUT2D eigenvalue weighted by Crippen LogP contribution is 2.45. The van der Waals surface area contributed by atoms with E-state index in [4.69, 9.17) is 0 Å². The maximum atomic E-state index is 12.7. The standard InChI is InChI=1S/C20H19N3O2S/c24-26(25)18-9-3-2-7-14(18)16-13-17(23-11-4-1-5-12-23)15-8-6-10-21-19(15)20(16)22-26/h2-3,6-10,13,22H,1,4-5,11-12H2. The molecule has 0 unspecified atom stereocenters. The van der Waals surface area contributed by atoms with E-state index in [1.807, 2.05) is 24.3 Å². The molecule has 132 valence electrons. The molecule has 0 amide bonds. The Kier molecular flexibility index (Phi) is 3.43. The molecular weight excluding hydrogens is 346 g/mol. The monoisotopic (exact) mass is 365 g/mol. The van der Waals surface area contributed by atoms with Crippen LogP contribution in [-0.2, 0) is 10.0 Å². The first-order valence-electron chi connectivity index (χ1n) is 8.94. The quantitative estimate of drug-likeness (QED) is 0.708. The first-order chi connectivity index (χ1) is 12.6. The smallest absolute Gasteiger partial charge is 0.262 e. The highest BCUT2D eigenvalue weighted by molar-refractivity contribution is 7.93. The Labute approximate surface area is 152 Å². The van der Waals surface area contributed by atoms with Crippen LogP contribution in [-0.4, -0.2) is 26.5 Å². The third-order valence-electron chi connectivity index (χ3n) is 5.27. The van der Waals surface area contributed by atoms with Gasteiger partial charge >= 0.3 is 0 Å². The van der Waals surface area contributed by atoms with Gasteiger partial charge in [0, 0.05) is 41.5 Å². The molecule has 0 saturated carbocycles. The van der Waals surface area contributed by atoms with Gasteiger partial charge in [0.1, 0.15) is 0 Å². The first kappa shape index (κ1) is 15.6. The topological polar surface area (TPSA) is 62.3 Å². The van der Waals surface area contributed by atoms with Crippen LogP contribution in [0.25, 0.3) is 22.0 Å². The Morgan fingerprint density at radius 1 is 0.962 bits per heavy atom. The van der Waals surface area contributed by atoms with E-state index >= 15 is 0 Å². The fourth-order valence-corrected chi connectivity index (χ4v) is 5.36. The lowest BCUT2D eigenvalue weighted by molar-refractivity contribution is 0.579. The third-order valence-corrected chi connectivity index (χ3v) is 6.68. The molecule has 1 aromatic heterocycles. The zero-order valence-corrected chi connectivity index (χ0v) is 15.1. The molecule has 5 nitrogen and oxygen atoms in total. The third kappa shape index (κ3) is 2.29. The summed E-state index contributed by atoms with van der Waals surface area (Å²) in [7, 11) is -3.59. The van der Waals surface area contributed by atoms with Crippen molar-refractivity contribution in [1.29, 1.82) is 0 Å². The van der Waals surface area contributed by atoms with Crippen molar-refractivity contribution in [2.24, 2.45) is 0 Å². The lowest BCUT2D eigenvalue weighted by atomic mass is 9.98. The number of hydrogen-bond acceptors (Lipinski definition) is 4. The van der Waals surface area contributed by atoms with E-state index in [-0.39, 0.29) is 0 Å². The fourth-order valence-electron chi connectivity index (χ4n) is 4.05. The molecule has 2 aliphatic heterocycles. The first-order valence-corrected chi connectivity index (χ1v) is 10.4. The van der Waals surface area contributed by atoms with E-state index in [2.05, 4.69) is 20.7 Å². The van der Waals surface area contributed by atoms with Crippen LogP contribution in [0.15, 0.2) is 53.6 Å². The van der Waals surface area contributed by atoms with Gasteiger partial charge in [-0.25, -0.2) is 8.42 Å². The maximum absolute atomic E-state index is 12.7. The van der Waals surface area contributed by atoms with Gasteiger partial charge < -0.3 is 4.90 Å². The van der Waals surface area contributed by atoms with Gasteiger partial charge in [0.2, 0.25) is 0 Å². The van der Waals surface area contributed by atoms with Crippen molar-refractivity contribution in [3.63, 3.8) is 0 Å². The van der Waals surface area contributed by atoms with E-state index in [0.717, 1.165) is 35.3 Å². The van der Waals surface area contributed by atoms with Crippen LogP contribution in [0.3, 0.4) is 0 Å². The molecule has 0 aliphatic carbocycles. The number of pyridine rings is 1. The summed E-state index contributed by atoms with van der Waals surface area (Å²) in [6.07, 6.45) is 5.35. The molecule has 3 aromatic rings. The van der Waals surface area contributed by atoms with Crippen molar-refractivity contribution in [3.05, 3.63) is 48.7 Å². The number of piperidine rings is 1. The number of benzene rings is 2. The Bertz CT molecular complexity index is 1120. The molecule has 1 saturated heterocycles. The fraction of sp³-hybridized carbons (Fsp3) is 0.250. The predicted octanol–water partition coefficient (Wildman–Crippen LogP) is 4.01. The van der Waals surface area contributed by atoms with Crippen molar-refractivity contribution in [2.75, 3.05) is 22.7 Å². The zero-order valence-electron chi connectivity index (χ0n) is 14.3. The van der Waals surface area contributed by atoms with E-state index < -0.39 is 10.0 Å². The number of nitrogens with zero attached hydrogens (tertiary/aromatic N) is 2. The number of sulfonamides is 1. The molecule has 1 fully saturated rings. The van der Waals surface area contributed by atoms with Gasteiger partial charge in [-0.15, -0.1) is 0 Å². The lowest BCUT2D eigenvalue weighted by Crippen LogP contribution is -2.30. The van der Waals surface area contributed by atoms with Crippen LogP contribution < -0.4 is 9.62 Å². The zero-order chi connectivity index (χ0) is 17.7. The summed E-state index contributed by atoms with van der Waals surface area (Å²) in [4.78, 5) is 7.26. The normalized spacial score (nSPS) is 18.1. The molecule has 0 bridgehead atoms. The van der Waals surface area contributed by atoms with Crippen LogP contribution >= 0.6 is 0 Å². The number of hydrogen-bond donors (Lipinski definition) is 1. The van der Waals surface area contributed by atoms with Crippen LogP contribution in [0.1, 0.15) is 19.3 Å². The van der Waals surface area contributed by atoms with E-state index in [9.17, 15) is 8.42 Å². The summed E-state index contributed by atoms with van der Waals surface area (Å²) in [5.41, 5.74) is 4.08. The summed E-state index contributed by atoms with van der Waals surface area (Å²) < 4.78 is 28.2. The number of nitrogens with one attached hydrogen (secondary N) is 1. The summed E-state index contributed by atoms with van der Waals surface area (Å²) in [6.45, 7) is 2.05. The van der Waals surface area contributed by atoms with Crippen molar-refractivity contribution in [1.82, 2.24) is 4.98 Å². The van der Waals surface area contributed by atoms with Crippen LogP contribution in [0, 0.1) is 0 Å². The Balaban J connectivity index is 1.84. The van der Waals surface area contributed by atoms with Gasteiger partial charge in [-0.05, 0) is 43.5 Å². The maximum Gasteiger partial charge on any atom is 0.262 e. The SMILES string of the molecule is O=S1(=O)Nc2c(cc(N3CCCCC3)c3cccnc23)-c2ccccc21. The minimum absolute atomic E-state index is 0.326. The minimum atomic E-state index is -3.59. The average molecular weight is 365 g/mol. The van der Waals surface area contributed by atoms with Crippen molar-refractivity contribution >= 4 is 32.3 Å². The second-order valence-electron chi connectivity index (χ2n) is 6.87. The summed E-state index contributed by atoms with van der Waals surface area (Å²) in [5.74, 6) is 0. The number of fused-ring (bicyclic) bond motifs is 5. The summed E-state index contributed by atoms with van der Waals surface area (Å²) >= 11 is 0. The van der Waals surface area contributed by atoms with Gasteiger partial charge in [-0.1, -0.05) is 18.2 Å². The molecular formula is C20H19N3O2S. The van der Waals surface area contributed by atoms with Crippen LogP contribution in [0.2, 0.25) is 0 Å². The summed E-state index contributed by atoms with van der Waals surface area (Å²) in [5, 5.41) is 0.996. The van der Waals surface area contributed by atoms with Gasteiger partial charge in [0.25, 0.3) is 10.0 Å². The Morgan fingerprint density at radius 2 is 1.77 bits per heavy atom. The van der Waals surface area contributed by atoms with Gasteiger partial charge in [0.15, 0.2) is 0 Å². The second-order valence-corrected chi connectivity index (χ2v) is 8.52. The lowest BCUT2D eigenvalue weighted by Gasteiger charge is -2.32. The predicted molar refractivity (Wildman–Crippen MR) is 104 cm³/mol. The Morgan fingerprint density at radius 3 is 2.62 bits per heavy atom. The molecule has 0 atom stereocenters. The summed E-state index contributed by atoms with van der Waals surface area (Å²) in [6, 6.07) is 13.2.